The minimum atomic E-state index is -0.441. The van der Waals surface area contributed by atoms with Gasteiger partial charge < -0.3 is 5.11 Å². The van der Waals surface area contributed by atoms with Crippen molar-refractivity contribution >= 4 is 5.69 Å². The number of nitrogens with zero attached hydrogens (tertiary/aromatic N) is 4. The molecule has 1 fully saturated rings. The van der Waals surface area contributed by atoms with Gasteiger partial charge in [-0.05, 0) is 25.7 Å². The zero-order chi connectivity index (χ0) is 13.1. The van der Waals surface area contributed by atoms with Gasteiger partial charge in [-0.15, -0.1) is 0 Å². The van der Waals surface area contributed by atoms with Crippen molar-refractivity contribution in [1.29, 1.82) is 0 Å². The molecule has 0 bridgehead atoms. The van der Waals surface area contributed by atoms with Gasteiger partial charge in [0.15, 0.2) is 0 Å². The van der Waals surface area contributed by atoms with Crippen molar-refractivity contribution in [2.24, 2.45) is 5.92 Å². The van der Waals surface area contributed by atoms with Gasteiger partial charge in [-0.3, -0.25) is 19.7 Å². The van der Waals surface area contributed by atoms with E-state index >= 15 is 0 Å². The predicted molar refractivity (Wildman–Crippen MR) is 64.9 cm³/mol. The molecule has 7 heteroatoms. The van der Waals surface area contributed by atoms with Crippen LogP contribution in [0.3, 0.4) is 0 Å². The first-order chi connectivity index (χ1) is 8.56. The molecule has 0 amide bonds. The standard InChI is InChI=1S/C11H18N4O3/c1-9(16)10-2-4-13(5-3-10)8-14-7-11(6-12-14)15(17)18/h6-7,9-10,16H,2-5,8H2,1H3. The van der Waals surface area contributed by atoms with Crippen molar-refractivity contribution in [1.82, 2.24) is 14.7 Å². The fraction of sp³-hybridized carbons (Fsp3) is 0.727. The molecule has 1 aliphatic heterocycles. The lowest BCUT2D eigenvalue weighted by atomic mass is 9.92. The number of nitro groups is 1. The maximum atomic E-state index is 10.5. The van der Waals surface area contributed by atoms with E-state index in [2.05, 4.69) is 10.00 Å². The van der Waals surface area contributed by atoms with E-state index in [4.69, 9.17) is 0 Å². The second-order valence-electron chi connectivity index (χ2n) is 4.83. The number of piperidine rings is 1. The zero-order valence-corrected chi connectivity index (χ0v) is 10.4. The summed E-state index contributed by atoms with van der Waals surface area (Å²) in [5.74, 6) is 0.369. The lowest BCUT2D eigenvalue weighted by Gasteiger charge is -2.32. The summed E-state index contributed by atoms with van der Waals surface area (Å²) in [4.78, 5) is 12.3. The lowest BCUT2D eigenvalue weighted by Crippen LogP contribution is -2.38. The molecule has 0 aromatic carbocycles. The van der Waals surface area contributed by atoms with Crippen molar-refractivity contribution in [2.75, 3.05) is 13.1 Å². The molecule has 1 aliphatic rings. The third kappa shape index (κ3) is 3.05. The monoisotopic (exact) mass is 254 g/mol. The van der Waals surface area contributed by atoms with Crippen molar-refractivity contribution in [3.8, 4) is 0 Å². The third-order valence-corrected chi connectivity index (χ3v) is 3.49. The van der Waals surface area contributed by atoms with Gasteiger partial charge in [-0.25, -0.2) is 0 Å². The summed E-state index contributed by atoms with van der Waals surface area (Å²) in [6, 6.07) is 0. The Morgan fingerprint density at radius 3 is 2.78 bits per heavy atom. The largest absolute Gasteiger partial charge is 0.393 e. The van der Waals surface area contributed by atoms with Crippen LogP contribution in [0.4, 0.5) is 5.69 Å². The van der Waals surface area contributed by atoms with Crippen LogP contribution in [-0.4, -0.2) is 43.9 Å². The summed E-state index contributed by atoms with van der Waals surface area (Å²) < 4.78 is 1.58. The molecule has 1 N–H and O–H groups in total. The number of hydrogen-bond donors (Lipinski definition) is 1. The van der Waals surface area contributed by atoms with Crippen LogP contribution in [-0.2, 0) is 6.67 Å². The first-order valence-corrected chi connectivity index (χ1v) is 6.13. The summed E-state index contributed by atoms with van der Waals surface area (Å²) in [5.41, 5.74) is 0.0221. The highest BCUT2D eigenvalue weighted by Crippen LogP contribution is 2.21. The van der Waals surface area contributed by atoms with E-state index in [1.54, 1.807) is 4.68 Å². The van der Waals surface area contributed by atoms with Gasteiger partial charge in [0.25, 0.3) is 0 Å². The van der Waals surface area contributed by atoms with E-state index in [1.165, 1.54) is 12.4 Å². The summed E-state index contributed by atoms with van der Waals surface area (Å²) in [7, 11) is 0. The van der Waals surface area contributed by atoms with Gasteiger partial charge in [-0.2, -0.15) is 5.10 Å². The first kappa shape index (κ1) is 13.0. The number of aromatic nitrogens is 2. The fourth-order valence-electron chi connectivity index (χ4n) is 2.31. The molecule has 2 heterocycles. The minimum Gasteiger partial charge on any atom is -0.393 e. The third-order valence-electron chi connectivity index (χ3n) is 3.49. The van der Waals surface area contributed by atoms with Gasteiger partial charge in [0.05, 0.1) is 17.7 Å². The molecule has 1 atom stereocenters. The van der Waals surface area contributed by atoms with Gasteiger partial charge >= 0.3 is 5.69 Å². The Kier molecular flexibility index (Phi) is 3.93. The number of hydrogen-bond acceptors (Lipinski definition) is 5. The zero-order valence-electron chi connectivity index (χ0n) is 10.4. The highest BCUT2D eigenvalue weighted by Gasteiger charge is 2.23. The number of rotatable bonds is 4. The Morgan fingerprint density at radius 1 is 1.61 bits per heavy atom. The molecule has 0 radical (unpaired) electrons. The van der Waals surface area contributed by atoms with E-state index in [-0.39, 0.29) is 11.8 Å². The molecule has 1 saturated heterocycles. The topological polar surface area (TPSA) is 84.4 Å². The number of aliphatic hydroxyl groups is 1. The van der Waals surface area contributed by atoms with Crippen LogP contribution in [0.5, 0.6) is 0 Å². The van der Waals surface area contributed by atoms with Crippen LogP contribution >= 0.6 is 0 Å². The summed E-state index contributed by atoms with van der Waals surface area (Å²) in [6.45, 7) is 4.18. The lowest BCUT2D eigenvalue weighted by molar-refractivity contribution is -0.385. The van der Waals surface area contributed by atoms with Crippen molar-refractivity contribution < 1.29 is 10.0 Å². The van der Waals surface area contributed by atoms with Crippen LogP contribution in [0, 0.1) is 16.0 Å². The molecule has 1 aromatic heterocycles. The minimum absolute atomic E-state index is 0.0221. The van der Waals surface area contributed by atoms with Crippen molar-refractivity contribution in [3.05, 3.63) is 22.5 Å². The van der Waals surface area contributed by atoms with Crippen molar-refractivity contribution in [3.63, 3.8) is 0 Å². The average Bonchev–Trinajstić information content (AvgIpc) is 2.78. The van der Waals surface area contributed by atoms with Crippen LogP contribution in [0.1, 0.15) is 19.8 Å². The maximum Gasteiger partial charge on any atom is 0.307 e. The SMILES string of the molecule is CC(O)C1CCN(Cn2cc([N+](=O)[O-])cn2)CC1. The van der Waals surface area contributed by atoms with Crippen LogP contribution in [0.25, 0.3) is 0 Å². The smallest absolute Gasteiger partial charge is 0.307 e. The molecule has 0 spiro atoms. The number of likely N-dealkylation sites (tertiary alicyclic amines) is 1. The van der Waals surface area contributed by atoms with E-state index in [1.807, 2.05) is 6.92 Å². The normalized spacial score (nSPS) is 19.9. The molecular formula is C11H18N4O3. The Hall–Kier alpha value is -1.47. The van der Waals surface area contributed by atoms with E-state index in [9.17, 15) is 15.2 Å². The van der Waals surface area contributed by atoms with Gasteiger partial charge in [-0.1, -0.05) is 0 Å². The van der Waals surface area contributed by atoms with Crippen molar-refractivity contribution in [2.45, 2.75) is 32.5 Å². The first-order valence-electron chi connectivity index (χ1n) is 6.13. The van der Waals surface area contributed by atoms with Gasteiger partial charge in [0.2, 0.25) is 0 Å². The molecular weight excluding hydrogens is 236 g/mol. The van der Waals surface area contributed by atoms with Crippen LogP contribution in [0.2, 0.25) is 0 Å². The van der Waals surface area contributed by atoms with E-state index < -0.39 is 4.92 Å². The second kappa shape index (κ2) is 5.45. The summed E-state index contributed by atoms with van der Waals surface area (Å²) in [5, 5.41) is 24.0. The molecule has 2 rings (SSSR count). The predicted octanol–water partition coefficient (Wildman–Crippen LogP) is 0.842. The van der Waals surface area contributed by atoms with Gasteiger partial charge in [0, 0.05) is 13.1 Å². The van der Waals surface area contributed by atoms with Gasteiger partial charge in [0.1, 0.15) is 12.4 Å². The molecule has 18 heavy (non-hydrogen) atoms. The second-order valence-corrected chi connectivity index (χ2v) is 4.83. The summed E-state index contributed by atoms with van der Waals surface area (Å²) >= 11 is 0. The quantitative estimate of drug-likeness (QED) is 0.635. The molecule has 1 unspecified atom stereocenters. The Bertz CT molecular complexity index is 410. The van der Waals surface area contributed by atoms with E-state index in [0.717, 1.165) is 25.9 Å². The summed E-state index contributed by atoms with van der Waals surface area (Å²) in [6.07, 6.45) is 4.38. The molecule has 1 aromatic rings. The van der Waals surface area contributed by atoms with E-state index in [0.29, 0.717) is 12.6 Å². The Labute approximate surface area is 105 Å². The van der Waals surface area contributed by atoms with Crippen LogP contribution in [0.15, 0.2) is 12.4 Å². The fourth-order valence-corrected chi connectivity index (χ4v) is 2.31. The highest BCUT2D eigenvalue weighted by molar-refractivity contribution is 5.20. The Morgan fingerprint density at radius 2 is 2.28 bits per heavy atom. The molecule has 0 aliphatic carbocycles. The highest BCUT2D eigenvalue weighted by atomic mass is 16.6. The molecule has 0 saturated carbocycles. The number of aliphatic hydroxyl groups excluding tert-OH is 1. The maximum absolute atomic E-state index is 10.5. The molecule has 100 valence electrons. The average molecular weight is 254 g/mol. The Balaban J connectivity index is 1.85. The van der Waals surface area contributed by atoms with Crippen LogP contribution < -0.4 is 0 Å². The molecule has 7 nitrogen and oxygen atoms in total.